The second kappa shape index (κ2) is 6.66. The number of aliphatic hydroxyl groups is 1. The van der Waals surface area contributed by atoms with Crippen molar-refractivity contribution in [2.24, 2.45) is 0 Å². The van der Waals surface area contributed by atoms with E-state index in [1.54, 1.807) is 18.7 Å². The zero-order valence-electron chi connectivity index (χ0n) is 11.9. The Bertz CT molecular complexity index is 576. The summed E-state index contributed by atoms with van der Waals surface area (Å²) in [7, 11) is 0. The third-order valence-corrected chi connectivity index (χ3v) is 4.72. The van der Waals surface area contributed by atoms with Crippen molar-refractivity contribution < 1.29 is 5.11 Å². The van der Waals surface area contributed by atoms with Gasteiger partial charge in [-0.05, 0) is 48.2 Å². The van der Waals surface area contributed by atoms with E-state index >= 15 is 0 Å². The summed E-state index contributed by atoms with van der Waals surface area (Å²) >= 11 is 7.91. The van der Waals surface area contributed by atoms with Crippen LogP contribution >= 0.6 is 23.4 Å². The zero-order valence-corrected chi connectivity index (χ0v) is 13.5. The van der Waals surface area contributed by atoms with Crippen LogP contribution in [-0.2, 0) is 0 Å². The topological polar surface area (TPSA) is 20.2 Å². The van der Waals surface area contributed by atoms with Gasteiger partial charge >= 0.3 is 0 Å². The molecule has 0 amide bonds. The van der Waals surface area contributed by atoms with E-state index in [0.717, 1.165) is 10.5 Å². The minimum Gasteiger partial charge on any atom is -0.389 e. The minimum atomic E-state index is -0.489. The Morgan fingerprint density at radius 1 is 0.950 bits per heavy atom. The van der Waals surface area contributed by atoms with Crippen molar-refractivity contribution in [3.05, 3.63) is 58.6 Å². The summed E-state index contributed by atoms with van der Waals surface area (Å²) in [5, 5.41) is 10.2. The standard InChI is InChI=1S/C17H19ClOS/c1-11(2)13-4-7-15(8-5-13)20-17-9-6-14(12(3)19)10-16(17)18/h4-12,19H,1-3H3/t12-/m1/s1. The average molecular weight is 307 g/mol. The maximum Gasteiger partial charge on any atom is 0.0762 e. The van der Waals surface area contributed by atoms with Gasteiger partial charge < -0.3 is 5.11 Å². The number of halogens is 1. The van der Waals surface area contributed by atoms with E-state index in [9.17, 15) is 5.11 Å². The van der Waals surface area contributed by atoms with Gasteiger partial charge in [0.2, 0.25) is 0 Å². The van der Waals surface area contributed by atoms with Crippen molar-refractivity contribution in [1.82, 2.24) is 0 Å². The maximum absolute atomic E-state index is 9.55. The van der Waals surface area contributed by atoms with Crippen molar-refractivity contribution in [2.45, 2.75) is 42.6 Å². The molecule has 20 heavy (non-hydrogen) atoms. The summed E-state index contributed by atoms with van der Waals surface area (Å²) in [5.41, 5.74) is 2.18. The van der Waals surface area contributed by atoms with Crippen LogP contribution in [0.1, 0.15) is 43.9 Å². The molecule has 1 nitrogen and oxygen atoms in total. The molecule has 2 aromatic carbocycles. The first-order valence-corrected chi connectivity index (χ1v) is 7.92. The summed E-state index contributed by atoms with van der Waals surface area (Å²) in [6.45, 7) is 6.12. The Balaban J connectivity index is 2.17. The highest BCUT2D eigenvalue weighted by Crippen LogP contribution is 2.35. The number of hydrogen-bond acceptors (Lipinski definition) is 2. The lowest BCUT2D eigenvalue weighted by Gasteiger charge is -2.10. The van der Waals surface area contributed by atoms with E-state index in [1.807, 2.05) is 18.2 Å². The molecule has 0 saturated heterocycles. The largest absolute Gasteiger partial charge is 0.389 e. The van der Waals surface area contributed by atoms with Crippen molar-refractivity contribution in [1.29, 1.82) is 0 Å². The van der Waals surface area contributed by atoms with Gasteiger partial charge in [0, 0.05) is 9.79 Å². The predicted octanol–water partition coefficient (Wildman–Crippen LogP) is 5.67. The lowest BCUT2D eigenvalue weighted by molar-refractivity contribution is 0.199. The van der Waals surface area contributed by atoms with E-state index in [0.29, 0.717) is 10.9 Å². The first kappa shape index (κ1) is 15.4. The summed E-state index contributed by atoms with van der Waals surface area (Å²) in [6, 6.07) is 14.3. The Morgan fingerprint density at radius 3 is 2.05 bits per heavy atom. The molecule has 0 radical (unpaired) electrons. The molecule has 0 saturated carbocycles. The van der Waals surface area contributed by atoms with Crippen molar-refractivity contribution >= 4 is 23.4 Å². The Labute approximate surface area is 130 Å². The molecule has 0 aliphatic heterocycles. The molecule has 0 spiro atoms. The molecule has 0 aromatic heterocycles. The molecule has 1 N–H and O–H groups in total. The third kappa shape index (κ3) is 3.78. The van der Waals surface area contributed by atoms with Crippen LogP contribution in [-0.4, -0.2) is 5.11 Å². The normalized spacial score (nSPS) is 12.7. The zero-order chi connectivity index (χ0) is 14.7. The average Bonchev–Trinajstić information content (AvgIpc) is 2.41. The molecule has 2 aromatic rings. The quantitative estimate of drug-likeness (QED) is 0.785. The monoisotopic (exact) mass is 306 g/mol. The second-order valence-electron chi connectivity index (χ2n) is 5.19. The molecule has 0 bridgehead atoms. The fraction of sp³-hybridized carbons (Fsp3) is 0.294. The van der Waals surface area contributed by atoms with Crippen molar-refractivity contribution in [2.75, 3.05) is 0 Å². The van der Waals surface area contributed by atoms with E-state index in [4.69, 9.17) is 11.6 Å². The SMILES string of the molecule is CC(C)c1ccc(Sc2ccc([C@@H](C)O)cc2Cl)cc1. The smallest absolute Gasteiger partial charge is 0.0762 e. The number of benzene rings is 2. The number of hydrogen-bond donors (Lipinski definition) is 1. The van der Waals surface area contributed by atoms with Gasteiger partial charge in [-0.2, -0.15) is 0 Å². The first-order valence-electron chi connectivity index (χ1n) is 6.72. The molecule has 106 valence electrons. The van der Waals surface area contributed by atoms with Crippen molar-refractivity contribution in [3.8, 4) is 0 Å². The van der Waals surface area contributed by atoms with Gasteiger partial charge in [-0.25, -0.2) is 0 Å². The summed E-state index contributed by atoms with van der Waals surface area (Å²) in [6.07, 6.45) is -0.489. The molecule has 0 heterocycles. The molecule has 2 rings (SSSR count). The summed E-state index contributed by atoms with van der Waals surface area (Å²) in [5.74, 6) is 0.544. The Morgan fingerprint density at radius 2 is 1.55 bits per heavy atom. The van der Waals surface area contributed by atoms with Crippen LogP contribution in [0.25, 0.3) is 0 Å². The maximum atomic E-state index is 9.55. The molecule has 0 unspecified atom stereocenters. The van der Waals surface area contributed by atoms with Gasteiger partial charge in [0.25, 0.3) is 0 Å². The minimum absolute atomic E-state index is 0.489. The lowest BCUT2D eigenvalue weighted by Crippen LogP contribution is -1.91. The Hall–Kier alpha value is -0.960. The third-order valence-electron chi connectivity index (χ3n) is 3.21. The van der Waals surface area contributed by atoms with E-state index in [-0.39, 0.29) is 0 Å². The predicted molar refractivity (Wildman–Crippen MR) is 86.7 cm³/mol. The highest BCUT2D eigenvalue weighted by Gasteiger charge is 2.07. The van der Waals surface area contributed by atoms with Gasteiger partial charge in [-0.1, -0.05) is 55.4 Å². The van der Waals surface area contributed by atoms with Crippen LogP contribution < -0.4 is 0 Å². The summed E-state index contributed by atoms with van der Waals surface area (Å²) < 4.78 is 0. The van der Waals surface area contributed by atoms with E-state index in [1.165, 1.54) is 10.5 Å². The fourth-order valence-electron chi connectivity index (χ4n) is 1.91. The molecule has 3 heteroatoms. The van der Waals surface area contributed by atoms with Crippen LogP contribution in [0, 0.1) is 0 Å². The fourth-order valence-corrected chi connectivity index (χ4v) is 3.03. The molecule has 1 atom stereocenters. The highest BCUT2D eigenvalue weighted by molar-refractivity contribution is 7.99. The van der Waals surface area contributed by atoms with Crippen LogP contribution in [0.2, 0.25) is 5.02 Å². The number of aliphatic hydroxyl groups excluding tert-OH is 1. The molecular weight excluding hydrogens is 288 g/mol. The summed E-state index contributed by atoms with van der Waals surface area (Å²) in [4.78, 5) is 2.18. The van der Waals surface area contributed by atoms with Crippen LogP contribution in [0.15, 0.2) is 52.3 Å². The first-order chi connectivity index (χ1) is 9.47. The van der Waals surface area contributed by atoms with Gasteiger partial charge in [0.15, 0.2) is 0 Å². The van der Waals surface area contributed by atoms with Gasteiger partial charge in [-0.3, -0.25) is 0 Å². The Kier molecular flexibility index (Phi) is 5.14. The van der Waals surface area contributed by atoms with Gasteiger partial charge in [-0.15, -0.1) is 0 Å². The molecule has 0 fully saturated rings. The van der Waals surface area contributed by atoms with Crippen LogP contribution in [0.3, 0.4) is 0 Å². The van der Waals surface area contributed by atoms with E-state index in [2.05, 4.69) is 38.1 Å². The molecular formula is C17H19ClOS. The van der Waals surface area contributed by atoms with Crippen molar-refractivity contribution in [3.63, 3.8) is 0 Å². The molecule has 0 aliphatic carbocycles. The van der Waals surface area contributed by atoms with Crippen LogP contribution in [0.4, 0.5) is 0 Å². The second-order valence-corrected chi connectivity index (χ2v) is 6.71. The highest BCUT2D eigenvalue weighted by atomic mass is 35.5. The molecule has 0 aliphatic rings. The van der Waals surface area contributed by atoms with Gasteiger partial charge in [0.1, 0.15) is 0 Å². The van der Waals surface area contributed by atoms with E-state index < -0.39 is 6.10 Å². The van der Waals surface area contributed by atoms with Crippen LogP contribution in [0.5, 0.6) is 0 Å². The number of rotatable bonds is 4. The lowest BCUT2D eigenvalue weighted by atomic mass is 10.0. The van der Waals surface area contributed by atoms with Gasteiger partial charge in [0.05, 0.1) is 11.1 Å².